The largest absolute Gasteiger partial charge is 0.459 e. The Morgan fingerprint density at radius 3 is 2.92 bits per heavy atom. The number of likely N-dealkylation sites (tertiary alicyclic amines) is 2. The number of benzene rings is 1. The minimum Gasteiger partial charge on any atom is -0.459 e. The third-order valence-electron chi connectivity index (χ3n) is 6.14. The second kappa shape index (κ2) is 7.41. The van der Waals surface area contributed by atoms with E-state index in [1.54, 1.807) is 0 Å². The van der Waals surface area contributed by atoms with Crippen molar-refractivity contribution in [2.24, 2.45) is 5.92 Å². The van der Waals surface area contributed by atoms with Gasteiger partial charge in [-0.3, -0.25) is 9.69 Å². The van der Waals surface area contributed by atoms with Crippen LogP contribution in [0.25, 0.3) is 11.0 Å². The fourth-order valence-corrected chi connectivity index (χ4v) is 4.67. The molecule has 1 amide bonds. The quantitative estimate of drug-likeness (QED) is 0.896. The Morgan fingerprint density at radius 1 is 1.27 bits per heavy atom. The summed E-state index contributed by atoms with van der Waals surface area (Å²) in [5, 5.41) is 4.40. The van der Waals surface area contributed by atoms with Crippen LogP contribution in [0.5, 0.6) is 0 Å². The number of carbonyl (C=O) groups is 1. The van der Waals surface area contributed by atoms with Crippen LogP contribution in [0.15, 0.2) is 28.7 Å². The van der Waals surface area contributed by atoms with E-state index < -0.39 is 0 Å². The number of hydrogen-bond acceptors (Lipinski definition) is 4. The van der Waals surface area contributed by atoms with E-state index in [0.29, 0.717) is 24.3 Å². The van der Waals surface area contributed by atoms with Crippen molar-refractivity contribution < 1.29 is 9.21 Å². The molecule has 140 valence electrons. The molecule has 1 aromatic heterocycles. The summed E-state index contributed by atoms with van der Waals surface area (Å²) in [4.78, 5) is 17.0. The number of rotatable bonds is 5. The standard InChI is InChI=1S/C21H29N3O2/c1-15-17-5-3-4-6-19(17)26-20(15)14-23-11-9-18-16(13-23)7-8-21(25)24(18)12-10-22-2/h3-6,16,18,22H,7-14H2,1-2H3/t16-,18+/m0/s1. The number of fused-ring (bicyclic) bond motifs is 2. The van der Waals surface area contributed by atoms with Crippen LogP contribution in [0.3, 0.4) is 0 Å². The number of piperidine rings is 2. The molecule has 0 spiro atoms. The Morgan fingerprint density at radius 2 is 2.12 bits per heavy atom. The Kier molecular flexibility index (Phi) is 5.00. The summed E-state index contributed by atoms with van der Waals surface area (Å²) in [6, 6.07) is 8.69. The predicted octanol–water partition coefficient (Wildman–Crippen LogP) is 2.77. The van der Waals surface area contributed by atoms with E-state index in [1.165, 1.54) is 10.9 Å². The fraction of sp³-hybridized carbons (Fsp3) is 0.571. The smallest absolute Gasteiger partial charge is 0.222 e. The van der Waals surface area contributed by atoms with E-state index in [2.05, 4.69) is 34.2 Å². The average Bonchev–Trinajstić information content (AvgIpc) is 2.97. The minimum atomic E-state index is 0.336. The Labute approximate surface area is 155 Å². The number of aryl methyl sites for hydroxylation is 1. The highest BCUT2D eigenvalue weighted by Gasteiger charge is 2.39. The van der Waals surface area contributed by atoms with Crippen molar-refractivity contribution in [3.8, 4) is 0 Å². The van der Waals surface area contributed by atoms with E-state index >= 15 is 0 Å². The van der Waals surface area contributed by atoms with Gasteiger partial charge in [0.2, 0.25) is 5.91 Å². The van der Waals surface area contributed by atoms with Gasteiger partial charge in [-0.05, 0) is 44.4 Å². The number of furan rings is 1. The van der Waals surface area contributed by atoms with Crippen LogP contribution in [0.2, 0.25) is 0 Å². The topological polar surface area (TPSA) is 48.7 Å². The Balaban J connectivity index is 1.45. The number of para-hydroxylation sites is 1. The van der Waals surface area contributed by atoms with Crippen molar-refractivity contribution in [3.05, 3.63) is 35.6 Å². The number of nitrogens with zero attached hydrogens (tertiary/aromatic N) is 2. The van der Waals surface area contributed by atoms with Crippen molar-refractivity contribution in [2.45, 2.75) is 38.8 Å². The van der Waals surface area contributed by atoms with Gasteiger partial charge in [0.25, 0.3) is 0 Å². The highest BCUT2D eigenvalue weighted by atomic mass is 16.3. The molecule has 1 aromatic carbocycles. The first-order valence-corrected chi connectivity index (χ1v) is 9.81. The Bertz CT molecular complexity index is 785. The predicted molar refractivity (Wildman–Crippen MR) is 103 cm³/mol. The van der Waals surface area contributed by atoms with Crippen molar-refractivity contribution in [2.75, 3.05) is 33.2 Å². The molecule has 2 aliphatic rings. The lowest BCUT2D eigenvalue weighted by Crippen LogP contribution is -2.56. The molecule has 2 aromatic rings. The molecule has 0 radical (unpaired) electrons. The van der Waals surface area contributed by atoms with Gasteiger partial charge in [0.15, 0.2) is 0 Å². The molecular formula is C21H29N3O2. The fourth-order valence-electron chi connectivity index (χ4n) is 4.67. The van der Waals surface area contributed by atoms with Gasteiger partial charge in [0, 0.05) is 44.0 Å². The van der Waals surface area contributed by atoms with E-state index in [0.717, 1.165) is 56.9 Å². The van der Waals surface area contributed by atoms with Crippen molar-refractivity contribution in [3.63, 3.8) is 0 Å². The summed E-state index contributed by atoms with van der Waals surface area (Å²) in [5.74, 6) is 2.01. The van der Waals surface area contributed by atoms with Crippen LogP contribution in [-0.4, -0.2) is 55.0 Å². The molecule has 0 unspecified atom stereocenters. The SMILES string of the molecule is CNCCN1C(=O)CC[C@H]2CN(Cc3oc4ccccc4c3C)CC[C@H]21. The Hall–Kier alpha value is -1.85. The zero-order chi connectivity index (χ0) is 18.1. The van der Waals surface area contributed by atoms with Crippen LogP contribution in [-0.2, 0) is 11.3 Å². The summed E-state index contributed by atoms with van der Waals surface area (Å²) < 4.78 is 6.11. The van der Waals surface area contributed by atoms with Crippen LogP contribution in [0.4, 0.5) is 0 Å². The summed E-state index contributed by atoms with van der Waals surface area (Å²) in [6.45, 7) is 6.82. The lowest BCUT2D eigenvalue weighted by Gasteiger charge is -2.47. The summed E-state index contributed by atoms with van der Waals surface area (Å²) in [5.41, 5.74) is 2.24. The monoisotopic (exact) mass is 355 g/mol. The number of nitrogens with one attached hydrogen (secondary N) is 1. The number of amides is 1. The van der Waals surface area contributed by atoms with Crippen LogP contribution in [0, 0.1) is 12.8 Å². The van der Waals surface area contributed by atoms with Gasteiger partial charge < -0.3 is 14.6 Å². The molecule has 4 rings (SSSR count). The van der Waals surface area contributed by atoms with E-state index in [-0.39, 0.29) is 0 Å². The van der Waals surface area contributed by atoms with E-state index in [1.807, 2.05) is 19.2 Å². The van der Waals surface area contributed by atoms with E-state index in [9.17, 15) is 4.79 Å². The molecule has 0 aliphatic carbocycles. The van der Waals surface area contributed by atoms with Crippen molar-refractivity contribution in [1.29, 1.82) is 0 Å². The van der Waals surface area contributed by atoms with E-state index in [4.69, 9.17) is 4.42 Å². The number of likely N-dealkylation sites (N-methyl/N-ethyl adjacent to an activating group) is 1. The molecule has 3 heterocycles. The first kappa shape index (κ1) is 17.6. The third kappa shape index (κ3) is 3.26. The lowest BCUT2D eigenvalue weighted by atomic mass is 9.83. The van der Waals surface area contributed by atoms with Gasteiger partial charge >= 0.3 is 0 Å². The van der Waals surface area contributed by atoms with Crippen molar-refractivity contribution >= 4 is 16.9 Å². The lowest BCUT2D eigenvalue weighted by molar-refractivity contribution is -0.141. The molecule has 0 bridgehead atoms. The molecule has 2 aliphatic heterocycles. The maximum Gasteiger partial charge on any atom is 0.222 e. The van der Waals surface area contributed by atoms with Crippen molar-refractivity contribution in [1.82, 2.24) is 15.1 Å². The second-order valence-electron chi connectivity index (χ2n) is 7.73. The number of hydrogen-bond donors (Lipinski definition) is 1. The zero-order valence-electron chi connectivity index (χ0n) is 15.8. The maximum atomic E-state index is 12.3. The molecular weight excluding hydrogens is 326 g/mol. The normalized spacial score (nSPS) is 24.2. The van der Waals surface area contributed by atoms with Gasteiger partial charge in [-0.2, -0.15) is 0 Å². The molecule has 26 heavy (non-hydrogen) atoms. The molecule has 2 saturated heterocycles. The zero-order valence-corrected chi connectivity index (χ0v) is 15.8. The molecule has 1 N–H and O–H groups in total. The van der Waals surface area contributed by atoms with Gasteiger partial charge in [0.1, 0.15) is 11.3 Å². The third-order valence-corrected chi connectivity index (χ3v) is 6.14. The van der Waals surface area contributed by atoms with Crippen LogP contribution >= 0.6 is 0 Å². The van der Waals surface area contributed by atoms with Gasteiger partial charge in [0.05, 0.1) is 6.54 Å². The maximum absolute atomic E-state index is 12.3. The number of carbonyl (C=O) groups excluding carboxylic acids is 1. The first-order valence-electron chi connectivity index (χ1n) is 9.81. The molecule has 0 saturated carbocycles. The van der Waals surface area contributed by atoms with Gasteiger partial charge in [-0.25, -0.2) is 0 Å². The average molecular weight is 355 g/mol. The molecule has 5 nitrogen and oxygen atoms in total. The molecule has 2 fully saturated rings. The molecule has 5 heteroatoms. The minimum absolute atomic E-state index is 0.336. The molecule has 2 atom stereocenters. The van der Waals surface area contributed by atoms with Gasteiger partial charge in [-0.15, -0.1) is 0 Å². The van der Waals surface area contributed by atoms with Crippen LogP contribution in [0.1, 0.15) is 30.6 Å². The summed E-state index contributed by atoms with van der Waals surface area (Å²) >= 11 is 0. The van der Waals surface area contributed by atoms with Crippen LogP contribution < -0.4 is 5.32 Å². The second-order valence-corrected chi connectivity index (χ2v) is 7.73. The summed E-state index contributed by atoms with van der Waals surface area (Å²) in [6.07, 6.45) is 2.79. The van der Waals surface area contributed by atoms with Gasteiger partial charge in [-0.1, -0.05) is 18.2 Å². The summed E-state index contributed by atoms with van der Waals surface area (Å²) in [7, 11) is 1.95. The highest BCUT2D eigenvalue weighted by Crippen LogP contribution is 2.33. The highest BCUT2D eigenvalue weighted by molar-refractivity contribution is 5.81. The first-order chi connectivity index (χ1) is 12.7.